The molecule has 0 heterocycles. The monoisotopic (exact) mass is 253 g/mol. The lowest BCUT2D eigenvalue weighted by Gasteiger charge is -2.37. The number of hydrogen-bond donors (Lipinski definition) is 1. The molecule has 18 heavy (non-hydrogen) atoms. The van der Waals surface area contributed by atoms with Crippen LogP contribution in [0.5, 0.6) is 0 Å². The van der Waals surface area contributed by atoms with Gasteiger partial charge >= 0.3 is 0 Å². The Morgan fingerprint density at radius 1 is 1.17 bits per heavy atom. The van der Waals surface area contributed by atoms with Crippen LogP contribution in [0.2, 0.25) is 0 Å². The molecule has 0 radical (unpaired) electrons. The van der Waals surface area contributed by atoms with E-state index in [1.54, 1.807) is 0 Å². The van der Waals surface area contributed by atoms with Gasteiger partial charge in [-0.3, -0.25) is 0 Å². The summed E-state index contributed by atoms with van der Waals surface area (Å²) >= 11 is 0. The molecule has 1 aliphatic carbocycles. The number of benzene rings is 1. The second kappa shape index (κ2) is 5.79. The van der Waals surface area contributed by atoms with E-state index >= 15 is 0 Å². The average molecular weight is 253 g/mol. The summed E-state index contributed by atoms with van der Waals surface area (Å²) in [4.78, 5) is 0. The van der Waals surface area contributed by atoms with E-state index < -0.39 is 11.6 Å². The van der Waals surface area contributed by atoms with Crippen molar-refractivity contribution in [3.63, 3.8) is 0 Å². The third-order valence-electron chi connectivity index (χ3n) is 3.89. The Balaban J connectivity index is 1.93. The van der Waals surface area contributed by atoms with E-state index in [2.05, 4.69) is 19.2 Å². The number of halogens is 2. The van der Waals surface area contributed by atoms with Gasteiger partial charge < -0.3 is 5.32 Å². The number of rotatable bonds is 5. The highest BCUT2D eigenvalue weighted by molar-refractivity contribution is 5.20. The Morgan fingerprint density at radius 3 is 2.28 bits per heavy atom. The van der Waals surface area contributed by atoms with Crippen molar-refractivity contribution in [2.45, 2.75) is 39.2 Å². The molecule has 0 spiro atoms. The van der Waals surface area contributed by atoms with Crippen LogP contribution in [-0.4, -0.2) is 12.6 Å². The first-order valence-electron chi connectivity index (χ1n) is 6.74. The van der Waals surface area contributed by atoms with E-state index in [0.717, 1.165) is 13.0 Å². The summed E-state index contributed by atoms with van der Waals surface area (Å²) in [5, 5.41) is 3.40. The van der Waals surface area contributed by atoms with Gasteiger partial charge in [0, 0.05) is 11.6 Å². The van der Waals surface area contributed by atoms with Gasteiger partial charge in [0.2, 0.25) is 0 Å². The third kappa shape index (κ3) is 3.08. The standard InChI is InChI=1S/C15H21F2N/c1-10(2)18-9-12-7-6-11(12)8-13-14(16)4-3-5-15(13)17/h3-5,10-12,18H,6-9H2,1-2H3. The molecule has 2 unspecified atom stereocenters. The zero-order valence-electron chi connectivity index (χ0n) is 11.0. The van der Waals surface area contributed by atoms with Crippen LogP contribution < -0.4 is 5.32 Å². The van der Waals surface area contributed by atoms with Crippen molar-refractivity contribution in [2.75, 3.05) is 6.54 Å². The van der Waals surface area contributed by atoms with Crippen molar-refractivity contribution in [2.24, 2.45) is 11.8 Å². The Hall–Kier alpha value is -0.960. The SMILES string of the molecule is CC(C)NCC1CCC1Cc1c(F)cccc1F. The van der Waals surface area contributed by atoms with Gasteiger partial charge in [-0.25, -0.2) is 8.78 Å². The Bertz CT molecular complexity index is 383. The maximum Gasteiger partial charge on any atom is 0.129 e. The number of nitrogens with one attached hydrogen (secondary N) is 1. The normalized spacial score (nSPS) is 23.2. The van der Waals surface area contributed by atoms with Gasteiger partial charge in [0.25, 0.3) is 0 Å². The molecule has 1 N–H and O–H groups in total. The molecule has 0 saturated heterocycles. The van der Waals surface area contributed by atoms with Crippen molar-refractivity contribution in [1.82, 2.24) is 5.32 Å². The summed E-state index contributed by atoms with van der Waals surface area (Å²) in [6.45, 7) is 5.19. The van der Waals surface area contributed by atoms with Gasteiger partial charge in [0.15, 0.2) is 0 Å². The molecule has 0 bridgehead atoms. The van der Waals surface area contributed by atoms with Gasteiger partial charge in [-0.1, -0.05) is 19.9 Å². The Morgan fingerprint density at radius 2 is 1.78 bits per heavy atom. The molecule has 0 aromatic heterocycles. The van der Waals surface area contributed by atoms with Crippen molar-refractivity contribution >= 4 is 0 Å². The van der Waals surface area contributed by atoms with Crippen molar-refractivity contribution in [1.29, 1.82) is 0 Å². The molecule has 0 amide bonds. The molecule has 1 aromatic carbocycles. The Labute approximate surface area is 108 Å². The summed E-state index contributed by atoms with van der Waals surface area (Å²) in [6, 6.07) is 4.58. The summed E-state index contributed by atoms with van der Waals surface area (Å²) in [5.74, 6) is 0.170. The summed E-state index contributed by atoms with van der Waals surface area (Å²) in [6.07, 6.45) is 2.78. The van der Waals surface area contributed by atoms with Crippen LogP contribution in [0.3, 0.4) is 0 Å². The van der Waals surface area contributed by atoms with Crippen molar-refractivity contribution in [3.8, 4) is 0 Å². The fourth-order valence-electron chi connectivity index (χ4n) is 2.55. The second-order valence-electron chi connectivity index (χ2n) is 5.56. The van der Waals surface area contributed by atoms with Gasteiger partial charge in [0.05, 0.1) is 0 Å². The first-order valence-corrected chi connectivity index (χ1v) is 6.74. The molecule has 1 fully saturated rings. The maximum absolute atomic E-state index is 13.6. The van der Waals surface area contributed by atoms with Gasteiger partial charge in [-0.05, 0) is 49.8 Å². The van der Waals surface area contributed by atoms with Gasteiger partial charge in [-0.15, -0.1) is 0 Å². The lowest BCUT2D eigenvalue weighted by molar-refractivity contribution is 0.165. The lowest BCUT2D eigenvalue weighted by atomic mass is 9.70. The zero-order chi connectivity index (χ0) is 13.1. The third-order valence-corrected chi connectivity index (χ3v) is 3.89. The van der Waals surface area contributed by atoms with E-state index in [9.17, 15) is 8.78 Å². The fraction of sp³-hybridized carbons (Fsp3) is 0.600. The first kappa shape index (κ1) is 13.5. The minimum absolute atomic E-state index is 0.261. The molecule has 3 heteroatoms. The van der Waals surface area contributed by atoms with Crippen LogP contribution in [0, 0.1) is 23.5 Å². The topological polar surface area (TPSA) is 12.0 Å². The molecular formula is C15H21F2N. The maximum atomic E-state index is 13.6. The molecule has 1 saturated carbocycles. The van der Waals surface area contributed by atoms with Crippen LogP contribution in [0.25, 0.3) is 0 Å². The molecule has 1 nitrogen and oxygen atoms in total. The summed E-state index contributed by atoms with van der Waals surface area (Å²) in [5.41, 5.74) is 0.261. The predicted octanol–water partition coefficient (Wildman–Crippen LogP) is 3.53. The molecule has 1 aromatic rings. The van der Waals surface area contributed by atoms with Crippen LogP contribution in [-0.2, 0) is 6.42 Å². The minimum atomic E-state index is -0.405. The molecule has 1 aliphatic rings. The fourth-order valence-corrected chi connectivity index (χ4v) is 2.55. The van der Waals surface area contributed by atoms with Crippen molar-refractivity contribution < 1.29 is 8.78 Å². The quantitative estimate of drug-likeness (QED) is 0.846. The summed E-state index contributed by atoms with van der Waals surface area (Å²) in [7, 11) is 0. The lowest BCUT2D eigenvalue weighted by Crippen LogP contribution is -2.39. The Kier molecular flexibility index (Phi) is 4.33. The van der Waals surface area contributed by atoms with E-state index in [1.807, 2.05) is 0 Å². The average Bonchev–Trinajstić information content (AvgIpc) is 2.26. The van der Waals surface area contributed by atoms with E-state index in [1.165, 1.54) is 24.6 Å². The largest absolute Gasteiger partial charge is 0.314 e. The first-order chi connectivity index (χ1) is 8.58. The predicted molar refractivity (Wildman–Crippen MR) is 69.4 cm³/mol. The smallest absolute Gasteiger partial charge is 0.129 e. The van der Waals surface area contributed by atoms with E-state index in [-0.39, 0.29) is 5.56 Å². The molecule has 2 atom stereocenters. The minimum Gasteiger partial charge on any atom is -0.314 e. The molecular weight excluding hydrogens is 232 g/mol. The highest BCUT2D eigenvalue weighted by Crippen LogP contribution is 2.37. The molecule has 0 aliphatic heterocycles. The summed E-state index contributed by atoms with van der Waals surface area (Å²) < 4.78 is 27.1. The van der Waals surface area contributed by atoms with E-state index in [4.69, 9.17) is 0 Å². The van der Waals surface area contributed by atoms with Crippen LogP contribution >= 0.6 is 0 Å². The number of hydrogen-bond acceptors (Lipinski definition) is 1. The highest BCUT2D eigenvalue weighted by atomic mass is 19.1. The van der Waals surface area contributed by atoms with Gasteiger partial charge in [0.1, 0.15) is 11.6 Å². The van der Waals surface area contributed by atoms with Crippen LogP contribution in [0.15, 0.2) is 18.2 Å². The van der Waals surface area contributed by atoms with Crippen molar-refractivity contribution in [3.05, 3.63) is 35.4 Å². The van der Waals surface area contributed by atoms with Crippen LogP contribution in [0.4, 0.5) is 8.78 Å². The van der Waals surface area contributed by atoms with E-state index in [0.29, 0.717) is 24.3 Å². The van der Waals surface area contributed by atoms with Crippen LogP contribution in [0.1, 0.15) is 32.3 Å². The second-order valence-corrected chi connectivity index (χ2v) is 5.56. The highest BCUT2D eigenvalue weighted by Gasteiger charge is 2.31. The zero-order valence-corrected chi connectivity index (χ0v) is 11.0. The molecule has 100 valence electrons. The van der Waals surface area contributed by atoms with Gasteiger partial charge in [-0.2, -0.15) is 0 Å². The molecule has 2 rings (SSSR count).